The standard InChI is InChI=1S/C22H27N3O2S/c1-15-16-4-2-3-5-18(16)28-19(15)21(27)25-12-10-24(11-13-25)20(26)17-14-22(17)6-8-23-9-7-22/h2-5,17,23H,6-14H2,1H3. The van der Waals surface area contributed by atoms with Gasteiger partial charge >= 0.3 is 0 Å². The number of rotatable bonds is 2. The molecule has 148 valence electrons. The summed E-state index contributed by atoms with van der Waals surface area (Å²) in [4.78, 5) is 30.8. The van der Waals surface area contributed by atoms with Crippen LogP contribution in [-0.4, -0.2) is 60.9 Å². The minimum absolute atomic E-state index is 0.118. The summed E-state index contributed by atoms with van der Waals surface area (Å²) in [6, 6.07) is 8.20. The van der Waals surface area contributed by atoms with Crippen molar-refractivity contribution in [2.45, 2.75) is 26.2 Å². The molecule has 1 aromatic heterocycles. The van der Waals surface area contributed by atoms with Crippen LogP contribution in [0.1, 0.15) is 34.5 Å². The summed E-state index contributed by atoms with van der Waals surface area (Å²) < 4.78 is 1.16. The maximum absolute atomic E-state index is 13.1. The van der Waals surface area contributed by atoms with Crippen molar-refractivity contribution in [1.29, 1.82) is 0 Å². The number of aryl methyl sites for hydroxylation is 1. The number of hydrogen-bond donors (Lipinski definition) is 1. The highest BCUT2D eigenvalue weighted by atomic mass is 32.1. The lowest BCUT2D eigenvalue weighted by molar-refractivity contribution is -0.135. The van der Waals surface area contributed by atoms with E-state index in [1.807, 2.05) is 28.9 Å². The van der Waals surface area contributed by atoms with Gasteiger partial charge in [0.05, 0.1) is 4.88 Å². The van der Waals surface area contributed by atoms with E-state index in [2.05, 4.69) is 17.4 Å². The summed E-state index contributed by atoms with van der Waals surface area (Å²) in [5, 5.41) is 4.57. The first kappa shape index (κ1) is 18.1. The molecule has 1 aromatic carbocycles. The normalized spacial score (nSPS) is 24.0. The van der Waals surface area contributed by atoms with E-state index in [0.29, 0.717) is 32.1 Å². The van der Waals surface area contributed by atoms with Crippen LogP contribution >= 0.6 is 11.3 Å². The van der Waals surface area contributed by atoms with Crippen molar-refractivity contribution in [3.8, 4) is 0 Å². The number of hydrogen-bond acceptors (Lipinski definition) is 4. The SMILES string of the molecule is Cc1c(C(=O)N2CCN(C(=O)C3CC34CCNCC4)CC2)sc2ccccc12. The maximum Gasteiger partial charge on any atom is 0.264 e. The molecule has 3 fully saturated rings. The molecule has 5 nitrogen and oxygen atoms in total. The number of fused-ring (bicyclic) bond motifs is 1. The lowest BCUT2D eigenvalue weighted by Gasteiger charge is -2.35. The molecular formula is C22H27N3O2S. The van der Waals surface area contributed by atoms with Crippen molar-refractivity contribution in [1.82, 2.24) is 15.1 Å². The second-order valence-electron chi connectivity index (χ2n) is 8.54. The Labute approximate surface area is 169 Å². The number of carbonyl (C=O) groups is 2. The Morgan fingerprint density at radius 2 is 1.75 bits per heavy atom. The second kappa shape index (κ2) is 6.85. The van der Waals surface area contributed by atoms with Crippen LogP contribution in [0.3, 0.4) is 0 Å². The van der Waals surface area contributed by atoms with Crippen LogP contribution in [0, 0.1) is 18.3 Å². The Hall–Kier alpha value is -1.92. The first-order valence-corrected chi connectivity index (χ1v) is 11.2. The van der Waals surface area contributed by atoms with E-state index in [4.69, 9.17) is 0 Å². The Bertz CT molecular complexity index is 923. The summed E-state index contributed by atoms with van der Waals surface area (Å²) in [5.41, 5.74) is 1.36. The summed E-state index contributed by atoms with van der Waals surface area (Å²) in [6.07, 6.45) is 3.33. The zero-order chi connectivity index (χ0) is 19.3. The Balaban J connectivity index is 1.23. The van der Waals surface area contributed by atoms with Crippen LogP contribution in [0.25, 0.3) is 10.1 Å². The van der Waals surface area contributed by atoms with Crippen molar-refractivity contribution >= 4 is 33.2 Å². The number of piperidine rings is 1. The van der Waals surface area contributed by atoms with Gasteiger partial charge in [0.1, 0.15) is 0 Å². The van der Waals surface area contributed by atoms with Gasteiger partial charge in [-0.15, -0.1) is 11.3 Å². The lowest BCUT2D eigenvalue weighted by Crippen LogP contribution is -2.51. The summed E-state index contributed by atoms with van der Waals surface area (Å²) in [5.74, 6) is 0.667. The van der Waals surface area contributed by atoms with Crippen molar-refractivity contribution < 1.29 is 9.59 Å². The predicted octanol–water partition coefficient (Wildman–Crippen LogP) is 2.88. The van der Waals surface area contributed by atoms with Crippen molar-refractivity contribution in [2.24, 2.45) is 11.3 Å². The molecule has 1 saturated carbocycles. The number of carbonyl (C=O) groups excluding carboxylic acids is 2. The van der Waals surface area contributed by atoms with Gasteiger partial charge in [0.15, 0.2) is 0 Å². The van der Waals surface area contributed by atoms with Crippen LogP contribution in [-0.2, 0) is 4.79 Å². The molecule has 1 unspecified atom stereocenters. The molecule has 2 amide bonds. The van der Waals surface area contributed by atoms with E-state index < -0.39 is 0 Å². The fourth-order valence-electron chi connectivity index (χ4n) is 5.05. The molecule has 6 heteroatoms. The fourth-order valence-corrected chi connectivity index (χ4v) is 6.22. The molecule has 2 aliphatic heterocycles. The summed E-state index contributed by atoms with van der Waals surface area (Å²) >= 11 is 1.58. The van der Waals surface area contributed by atoms with E-state index in [9.17, 15) is 9.59 Å². The number of thiophene rings is 1. The van der Waals surface area contributed by atoms with Crippen LogP contribution in [0.15, 0.2) is 24.3 Å². The topological polar surface area (TPSA) is 52.7 Å². The summed E-state index contributed by atoms with van der Waals surface area (Å²) in [7, 11) is 0. The Morgan fingerprint density at radius 1 is 1.07 bits per heavy atom. The van der Waals surface area contributed by atoms with E-state index in [1.165, 1.54) is 5.39 Å². The number of benzene rings is 1. The van der Waals surface area contributed by atoms with Gasteiger partial charge in [0.25, 0.3) is 5.91 Å². The van der Waals surface area contributed by atoms with Gasteiger partial charge in [-0.05, 0) is 61.7 Å². The zero-order valence-corrected chi connectivity index (χ0v) is 17.2. The number of amides is 2. The van der Waals surface area contributed by atoms with Gasteiger partial charge < -0.3 is 15.1 Å². The number of piperazine rings is 1. The molecule has 3 aliphatic rings. The summed E-state index contributed by atoms with van der Waals surface area (Å²) in [6.45, 7) is 6.73. The van der Waals surface area contributed by atoms with Gasteiger partial charge in [0.2, 0.25) is 5.91 Å². The molecule has 2 saturated heterocycles. The third kappa shape index (κ3) is 2.94. The second-order valence-corrected chi connectivity index (χ2v) is 9.59. The first-order chi connectivity index (χ1) is 13.6. The molecule has 3 heterocycles. The molecule has 1 spiro atoms. The minimum Gasteiger partial charge on any atom is -0.339 e. The highest BCUT2D eigenvalue weighted by Crippen LogP contribution is 2.59. The fraction of sp³-hybridized carbons (Fsp3) is 0.545. The molecule has 0 bridgehead atoms. The van der Waals surface area contributed by atoms with Crippen molar-refractivity contribution in [3.63, 3.8) is 0 Å². The maximum atomic E-state index is 13.1. The third-order valence-electron chi connectivity index (χ3n) is 7.00. The van der Waals surface area contributed by atoms with Crippen LogP contribution < -0.4 is 5.32 Å². The molecule has 0 radical (unpaired) electrons. The predicted molar refractivity (Wildman–Crippen MR) is 112 cm³/mol. The molecule has 1 N–H and O–H groups in total. The van der Waals surface area contributed by atoms with Crippen molar-refractivity contribution in [2.75, 3.05) is 39.3 Å². The highest BCUT2D eigenvalue weighted by molar-refractivity contribution is 7.21. The molecule has 28 heavy (non-hydrogen) atoms. The first-order valence-electron chi connectivity index (χ1n) is 10.4. The zero-order valence-electron chi connectivity index (χ0n) is 16.4. The van der Waals surface area contributed by atoms with Gasteiger partial charge in [-0.3, -0.25) is 9.59 Å². The highest BCUT2D eigenvalue weighted by Gasteiger charge is 2.58. The van der Waals surface area contributed by atoms with E-state index in [-0.39, 0.29) is 17.2 Å². The van der Waals surface area contributed by atoms with Crippen molar-refractivity contribution in [3.05, 3.63) is 34.7 Å². The lowest BCUT2D eigenvalue weighted by atomic mass is 9.91. The molecule has 5 rings (SSSR count). The quantitative estimate of drug-likeness (QED) is 0.848. The monoisotopic (exact) mass is 397 g/mol. The Morgan fingerprint density at radius 3 is 2.46 bits per heavy atom. The van der Waals surface area contributed by atoms with E-state index in [0.717, 1.165) is 47.5 Å². The van der Waals surface area contributed by atoms with Gasteiger partial charge in [-0.25, -0.2) is 0 Å². The van der Waals surface area contributed by atoms with Crippen LogP contribution in [0.2, 0.25) is 0 Å². The molecule has 1 aliphatic carbocycles. The average Bonchev–Trinajstić information content (AvgIpc) is 3.32. The number of nitrogens with one attached hydrogen (secondary N) is 1. The smallest absolute Gasteiger partial charge is 0.264 e. The third-order valence-corrected chi connectivity index (χ3v) is 8.26. The van der Waals surface area contributed by atoms with Crippen LogP contribution in [0.5, 0.6) is 0 Å². The molecular weight excluding hydrogens is 370 g/mol. The average molecular weight is 398 g/mol. The minimum atomic E-state index is 0.118. The molecule has 2 aromatic rings. The molecule has 1 atom stereocenters. The van der Waals surface area contributed by atoms with Gasteiger partial charge in [-0.1, -0.05) is 18.2 Å². The Kier molecular flexibility index (Phi) is 4.43. The largest absolute Gasteiger partial charge is 0.339 e. The van der Waals surface area contributed by atoms with E-state index in [1.54, 1.807) is 11.3 Å². The van der Waals surface area contributed by atoms with Gasteiger partial charge in [0, 0.05) is 36.8 Å². The van der Waals surface area contributed by atoms with Gasteiger partial charge in [-0.2, -0.15) is 0 Å². The van der Waals surface area contributed by atoms with Crippen LogP contribution in [0.4, 0.5) is 0 Å². The number of nitrogens with zero attached hydrogens (tertiary/aromatic N) is 2. The van der Waals surface area contributed by atoms with E-state index >= 15 is 0 Å².